The molecule has 214 valence electrons. The van der Waals surface area contributed by atoms with Crippen LogP contribution in [0.15, 0.2) is 63.5 Å². The monoisotopic (exact) mass is 581 g/mol. The third-order valence-corrected chi connectivity index (χ3v) is 7.08. The number of allylic oxidation sites excluding steroid dienone is 1. The van der Waals surface area contributed by atoms with E-state index in [2.05, 4.69) is 9.73 Å². The topological polar surface area (TPSA) is 149 Å². The van der Waals surface area contributed by atoms with Gasteiger partial charge in [-0.25, -0.2) is 14.6 Å². The number of hydrogen-bond donors (Lipinski definition) is 0. The van der Waals surface area contributed by atoms with Crippen molar-refractivity contribution < 1.29 is 33.5 Å². The lowest BCUT2D eigenvalue weighted by Crippen LogP contribution is -2.40. The van der Waals surface area contributed by atoms with E-state index in [1.807, 2.05) is 0 Å². The van der Waals surface area contributed by atoms with E-state index in [1.165, 1.54) is 23.8 Å². The van der Waals surface area contributed by atoms with E-state index >= 15 is 0 Å². The van der Waals surface area contributed by atoms with Crippen LogP contribution in [0, 0.1) is 10.1 Å². The maximum atomic E-state index is 13.8. The van der Waals surface area contributed by atoms with Crippen LogP contribution >= 0.6 is 11.3 Å². The number of ether oxygens (including phenoxy) is 4. The first-order valence-electron chi connectivity index (χ1n) is 12.6. The maximum absolute atomic E-state index is 13.8. The molecule has 0 unspecified atom stereocenters. The Balaban J connectivity index is 1.92. The Hall–Kier alpha value is -4.78. The largest absolute Gasteiger partial charge is 0.490 e. The minimum Gasteiger partial charge on any atom is -0.490 e. The number of esters is 2. The first-order valence-corrected chi connectivity index (χ1v) is 13.4. The van der Waals surface area contributed by atoms with E-state index in [0.717, 1.165) is 11.3 Å². The molecule has 1 aliphatic heterocycles. The molecule has 2 aromatic carbocycles. The average Bonchev–Trinajstić information content (AvgIpc) is 3.25. The first-order chi connectivity index (χ1) is 19.7. The van der Waals surface area contributed by atoms with Crippen LogP contribution in [0.5, 0.6) is 11.5 Å². The molecule has 13 heteroatoms. The van der Waals surface area contributed by atoms with Gasteiger partial charge in [0.05, 0.1) is 52.7 Å². The molecule has 4 rings (SSSR count). The van der Waals surface area contributed by atoms with Crippen molar-refractivity contribution in [1.82, 2.24) is 4.57 Å². The van der Waals surface area contributed by atoms with Crippen LogP contribution in [0.1, 0.15) is 37.9 Å². The SMILES string of the molecule is CCOC(=O)C1=C(C)N=c2s/c(=C\c3ccccc3[N+](=O)[O-])c(=O)n2[C@H]1c1ccc(OCC(=O)OC)c(OCC)c1. The summed E-state index contributed by atoms with van der Waals surface area (Å²) in [5.74, 6) is -0.668. The van der Waals surface area contributed by atoms with Crippen LogP contribution in [-0.2, 0) is 19.1 Å². The fraction of sp³-hybridized carbons (Fsp3) is 0.286. The molecule has 0 bridgehead atoms. The fourth-order valence-electron chi connectivity index (χ4n) is 4.30. The Morgan fingerprint density at radius 3 is 2.56 bits per heavy atom. The molecule has 0 radical (unpaired) electrons. The third-order valence-electron chi connectivity index (χ3n) is 6.09. The number of carbonyl (C=O) groups excluding carboxylic acids is 2. The van der Waals surface area contributed by atoms with E-state index < -0.39 is 28.5 Å². The predicted octanol–water partition coefficient (Wildman–Crippen LogP) is 2.66. The molecule has 3 aromatic rings. The molecule has 0 amide bonds. The van der Waals surface area contributed by atoms with Crippen molar-refractivity contribution in [1.29, 1.82) is 0 Å². The van der Waals surface area contributed by atoms with E-state index in [0.29, 0.717) is 16.1 Å². The highest BCUT2D eigenvalue weighted by molar-refractivity contribution is 7.07. The van der Waals surface area contributed by atoms with Gasteiger partial charge in [-0.15, -0.1) is 0 Å². The van der Waals surface area contributed by atoms with Crippen molar-refractivity contribution in [2.24, 2.45) is 4.99 Å². The molecule has 0 saturated carbocycles. The second-order valence-corrected chi connectivity index (χ2v) is 9.63. The van der Waals surface area contributed by atoms with Crippen LogP contribution in [0.4, 0.5) is 5.69 Å². The lowest BCUT2D eigenvalue weighted by atomic mass is 9.95. The van der Waals surface area contributed by atoms with E-state index in [1.54, 1.807) is 57.2 Å². The summed E-state index contributed by atoms with van der Waals surface area (Å²) in [5.41, 5.74) is 0.622. The highest BCUT2D eigenvalue weighted by Gasteiger charge is 2.34. The molecule has 0 spiro atoms. The van der Waals surface area contributed by atoms with Gasteiger partial charge in [0.25, 0.3) is 11.2 Å². The van der Waals surface area contributed by atoms with Crippen molar-refractivity contribution in [3.8, 4) is 11.5 Å². The Morgan fingerprint density at radius 1 is 1.12 bits per heavy atom. The Bertz CT molecular complexity index is 1720. The van der Waals surface area contributed by atoms with Crippen molar-refractivity contribution in [3.63, 3.8) is 0 Å². The highest BCUT2D eigenvalue weighted by atomic mass is 32.1. The second-order valence-electron chi connectivity index (χ2n) is 8.62. The van der Waals surface area contributed by atoms with Gasteiger partial charge in [0, 0.05) is 6.07 Å². The van der Waals surface area contributed by atoms with Crippen LogP contribution in [0.2, 0.25) is 0 Å². The smallest absolute Gasteiger partial charge is 0.343 e. The standard InChI is InChI=1S/C28H27N3O9S/c1-5-38-21-13-18(11-12-20(21)40-15-23(32)37-4)25-24(27(34)39-6-2)16(3)29-28-30(25)26(33)22(41-28)14-17-9-7-8-10-19(17)31(35)36/h7-14,25H,5-6,15H2,1-4H3/b22-14-/t25-/m0/s1. The number of nitro benzene ring substituents is 1. The number of nitrogens with zero attached hydrogens (tertiary/aromatic N) is 3. The highest BCUT2D eigenvalue weighted by Crippen LogP contribution is 2.36. The molecule has 0 saturated heterocycles. The van der Waals surface area contributed by atoms with Crippen molar-refractivity contribution in [3.05, 3.63) is 94.7 Å². The average molecular weight is 582 g/mol. The van der Waals surface area contributed by atoms with Gasteiger partial charge >= 0.3 is 11.9 Å². The van der Waals surface area contributed by atoms with E-state index in [9.17, 15) is 24.5 Å². The molecule has 12 nitrogen and oxygen atoms in total. The first kappa shape index (κ1) is 29.2. The Morgan fingerprint density at radius 2 is 1.88 bits per heavy atom. The van der Waals surface area contributed by atoms with Gasteiger partial charge in [-0.1, -0.05) is 29.5 Å². The number of rotatable bonds is 10. The Kier molecular flexibility index (Phi) is 8.97. The number of fused-ring (bicyclic) bond motifs is 1. The summed E-state index contributed by atoms with van der Waals surface area (Å²) in [5, 5.41) is 11.5. The molecule has 0 N–H and O–H groups in total. The van der Waals surface area contributed by atoms with Gasteiger partial charge in [-0.2, -0.15) is 0 Å². The summed E-state index contributed by atoms with van der Waals surface area (Å²) in [6.45, 7) is 5.13. The zero-order valence-electron chi connectivity index (χ0n) is 22.7. The third kappa shape index (κ3) is 6.04. The number of aromatic nitrogens is 1. The number of benzene rings is 2. The minimum absolute atomic E-state index is 0.106. The summed E-state index contributed by atoms with van der Waals surface area (Å²) in [7, 11) is 1.25. The van der Waals surface area contributed by atoms with Crippen LogP contribution in [0.3, 0.4) is 0 Å². The molecule has 1 aliphatic rings. The number of para-hydroxylation sites is 1. The zero-order chi connectivity index (χ0) is 29.7. The minimum atomic E-state index is -0.952. The normalized spacial score (nSPS) is 14.6. The Labute approximate surface area is 237 Å². The quantitative estimate of drug-likeness (QED) is 0.200. The molecular formula is C28H27N3O9S. The van der Waals surface area contributed by atoms with Gasteiger partial charge in [0.15, 0.2) is 22.9 Å². The summed E-state index contributed by atoms with van der Waals surface area (Å²) in [6, 6.07) is 9.98. The molecule has 0 aliphatic carbocycles. The van der Waals surface area contributed by atoms with Crippen LogP contribution in [-0.4, -0.2) is 48.4 Å². The number of nitro groups is 1. The van der Waals surface area contributed by atoms with Crippen molar-refractivity contribution in [2.75, 3.05) is 26.9 Å². The lowest BCUT2D eigenvalue weighted by molar-refractivity contribution is -0.385. The van der Waals surface area contributed by atoms with Gasteiger partial charge in [-0.3, -0.25) is 19.5 Å². The van der Waals surface area contributed by atoms with Crippen molar-refractivity contribution >= 4 is 35.0 Å². The number of carbonyl (C=O) groups is 2. The van der Waals surface area contributed by atoms with Crippen LogP contribution < -0.4 is 24.4 Å². The van der Waals surface area contributed by atoms with Gasteiger partial charge in [-0.05, 0) is 50.6 Å². The molecule has 2 heterocycles. The van der Waals surface area contributed by atoms with Gasteiger partial charge < -0.3 is 18.9 Å². The number of hydrogen-bond acceptors (Lipinski definition) is 11. The molecule has 41 heavy (non-hydrogen) atoms. The predicted molar refractivity (Wildman–Crippen MR) is 149 cm³/mol. The van der Waals surface area contributed by atoms with E-state index in [-0.39, 0.29) is 52.7 Å². The molecule has 0 fully saturated rings. The summed E-state index contributed by atoms with van der Waals surface area (Å²) in [6.07, 6.45) is 1.44. The number of methoxy groups -OCH3 is 1. The summed E-state index contributed by atoms with van der Waals surface area (Å²) >= 11 is 1.05. The number of thiazole rings is 1. The van der Waals surface area contributed by atoms with Gasteiger partial charge in [0.1, 0.15) is 0 Å². The lowest BCUT2D eigenvalue weighted by Gasteiger charge is -2.25. The summed E-state index contributed by atoms with van der Waals surface area (Å²) in [4.78, 5) is 54.5. The van der Waals surface area contributed by atoms with Gasteiger partial charge in [0.2, 0.25) is 0 Å². The fourth-order valence-corrected chi connectivity index (χ4v) is 5.34. The van der Waals surface area contributed by atoms with Crippen molar-refractivity contribution in [2.45, 2.75) is 26.8 Å². The molecule has 1 aromatic heterocycles. The maximum Gasteiger partial charge on any atom is 0.343 e. The molecular weight excluding hydrogens is 554 g/mol. The molecule has 1 atom stereocenters. The van der Waals surface area contributed by atoms with Crippen LogP contribution in [0.25, 0.3) is 6.08 Å². The second kappa shape index (κ2) is 12.6. The summed E-state index contributed by atoms with van der Waals surface area (Å²) < 4.78 is 22.8. The van der Waals surface area contributed by atoms with E-state index in [4.69, 9.17) is 14.2 Å². The zero-order valence-corrected chi connectivity index (χ0v) is 23.6.